The van der Waals surface area contributed by atoms with E-state index in [0.717, 1.165) is 0 Å². The third kappa shape index (κ3) is 7.90. The Morgan fingerprint density at radius 2 is 1.69 bits per heavy atom. The Hall–Kier alpha value is -4.81. The van der Waals surface area contributed by atoms with Crippen molar-refractivity contribution in [1.82, 2.24) is 5.48 Å². The molecule has 0 aliphatic carbocycles. The van der Waals surface area contributed by atoms with Crippen molar-refractivity contribution >= 4 is 17.7 Å². The molecule has 2 atom stereocenters. The highest BCUT2D eigenvalue weighted by Gasteiger charge is 2.29. The van der Waals surface area contributed by atoms with E-state index < -0.39 is 24.2 Å². The number of anilines is 1. The number of nitriles is 1. The highest BCUT2D eigenvalue weighted by Crippen LogP contribution is 2.30. The molecule has 36 heavy (non-hydrogen) atoms. The lowest BCUT2D eigenvalue weighted by molar-refractivity contribution is -0.124. The fraction of sp³-hybridized carbons (Fsp3) is 0.148. The van der Waals surface area contributed by atoms with E-state index in [1.54, 1.807) is 54.6 Å². The number of para-hydroxylation sites is 1. The number of carbonyl (C=O) groups is 2. The molecule has 0 bridgehead atoms. The summed E-state index contributed by atoms with van der Waals surface area (Å²) >= 11 is 0. The summed E-state index contributed by atoms with van der Waals surface area (Å²) in [7, 11) is 0. The predicted molar refractivity (Wildman–Crippen MR) is 131 cm³/mol. The van der Waals surface area contributed by atoms with Gasteiger partial charge in [-0.2, -0.15) is 5.26 Å². The third-order valence-corrected chi connectivity index (χ3v) is 5.08. The Balaban J connectivity index is 1.85. The van der Waals surface area contributed by atoms with Crippen molar-refractivity contribution in [3.05, 3.63) is 102 Å². The van der Waals surface area contributed by atoms with Crippen LogP contribution >= 0.6 is 0 Å². The van der Waals surface area contributed by atoms with E-state index in [1.165, 1.54) is 23.7 Å². The summed E-state index contributed by atoms with van der Waals surface area (Å²) in [5, 5.41) is 30.0. The van der Waals surface area contributed by atoms with Gasteiger partial charge in [0.25, 0.3) is 5.91 Å². The second-order valence-electron chi connectivity index (χ2n) is 7.66. The molecule has 4 N–H and O–H groups in total. The van der Waals surface area contributed by atoms with Crippen LogP contribution in [0.25, 0.3) is 0 Å². The number of benzene rings is 3. The normalized spacial score (nSPS) is 12.2. The molecule has 0 unspecified atom stereocenters. The topological polar surface area (TPSA) is 141 Å². The number of phenols is 1. The predicted octanol–water partition coefficient (Wildman–Crippen LogP) is 4.84. The zero-order chi connectivity index (χ0) is 25.8. The van der Waals surface area contributed by atoms with E-state index in [1.807, 2.05) is 24.3 Å². The number of phenolic OH excluding ortho intramolecular Hbond substituents is 1. The quantitative estimate of drug-likeness (QED) is 0.182. The first-order valence-corrected chi connectivity index (χ1v) is 11.1. The summed E-state index contributed by atoms with van der Waals surface area (Å²) in [5.41, 5.74) is 3.01. The summed E-state index contributed by atoms with van der Waals surface area (Å²) in [5.74, 6) is -0.0545. The zero-order valence-electron chi connectivity index (χ0n) is 19.2. The SMILES string of the molecule is N#Cc1ccc(NC(=O)O[C@H](c2ccc(O)cc2)[C@@H](CC/C=C/C(=O)NO)Oc2ccccc2)cc1. The van der Waals surface area contributed by atoms with E-state index in [4.69, 9.17) is 19.9 Å². The standard InChI is InChI=1S/C27H25N3O6/c28-18-19-10-14-21(15-11-19)29-27(33)36-26(20-12-16-22(31)17-13-20)24(8-4-5-9-25(32)30-34)35-23-6-2-1-3-7-23/h1-3,5-7,9-17,24,26,31,34H,4,8H2,(H,29,33)(H,30,32)/b9-5+/t24-,26-/m1/s1. The average Bonchev–Trinajstić information content (AvgIpc) is 2.90. The maximum atomic E-state index is 12.8. The van der Waals surface area contributed by atoms with Crippen LogP contribution in [0.2, 0.25) is 0 Å². The van der Waals surface area contributed by atoms with Crippen LogP contribution in [-0.4, -0.2) is 28.4 Å². The van der Waals surface area contributed by atoms with Crippen molar-refractivity contribution in [2.45, 2.75) is 25.0 Å². The van der Waals surface area contributed by atoms with Gasteiger partial charge in [-0.1, -0.05) is 36.4 Å². The Labute approximate surface area is 208 Å². The molecule has 0 saturated carbocycles. The molecule has 0 saturated heterocycles. The summed E-state index contributed by atoms with van der Waals surface area (Å²) < 4.78 is 12.0. The molecule has 0 radical (unpaired) electrons. The van der Waals surface area contributed by atoms with Crippen LogP contribution < -0.4 is 15.5 Å². The van der Waals surface area contributed by atoms with Crippen LogP contribution in [-0.2, 0) is 9.53 Å². The van der Waals surface area contributed by atoms with Gasteiger partial charge in [-0.3, -0.25) is 15.3 Å². The molecule has 184 valence electrons. The van der Waals surface area contributed by atoms with E-state index in [9.17, 15) is 14.7 Å². The van der Waals surface area contributed by atoms with Gasteiger partial charge in [0.1, 0.15) is 17.6 Å². The van der Waals surface area contributed by atoms with E-state index in [0.29, 0.717) is 35.4 Å². The van der Waals surface area contributed by atoms with Crippen LogP contribution in [0.1, 0.15) is 30.1 Å². The van der Waals surface area contributed by atoms with Gasteiger partial charge in [-0.15, -0.1) is 0 Å². The molecule has 0 aliphatic rings. The molecular weight excluding hydrogens is 462 g/mol. The molecular formula is C27H25N3O6. The summed E-state index contributed by atoms with van der Waals surface area (Å²) in [6, 6.07) is 23.6. The molecule has 9 heteroatoms. The Morgan fingerprint density at radius 3 is 2.33 bits per heavy atom. The van der Waals surface area contributed by atoms with E-state index in [-0.39, 0.29) is 5.75 Å². The minimum atomic E-state index is -0.885. The van der Waals surface area contributed by atoms with Gasteiger partial charge in [0.2, 0.25) is 0 Å². The lowest BCUT2D eigenvalue weighted by Gasteiger charge is -2.28. The van der Waals surface area contributed by atoms with Gasteiger partial charge in [-0.05, 0) is 66.9 Å². The number of hydroxylamine groups is 1. The summed E-state index contributed by atoms with van der Waals surface area (Å²) in [6.07, 6.45) is 1.18. The molecule has 2 amide bonds. The molecule has 0 heterocycles. The molecule has 0 fully saturated rings. The number of allylic oxidation sites excluding steroid dienone is 1. The summed E-state index contributed by atoms with van der Waals surface area (Å²) in [4.78, 5) is 24.1. The largest absolute Gasteiger partial charge is 0.508 e. The van der Waals surface area contributed by atoms with Gasteiger partial charge < -0.3 is 14.6 Å². The lowest BCUT2D eigenvalue weighted by atomic mass is 10.00. The molecule has 3 aromatic rings. The first-order valence-electron chi connectivity index (χ1n) is 11.1. The van der Waals surface area contributed by atoms with E-state index >= 15 is 0 Å². The molecule has 0 aromatic heterocycles. The number of aromatic hydroxyl groups is 1. The number of amides is 2. The van der Waals surface area contributed by atoms with Gasteiger partial charge in [-0.25, -0.2) is 10.3 Å². The second-order valence-corrected chi connectivity index (χ2v) is 7.66. The van der Waals surface area contributed by atoms with Crippen molar-refractivity contribution in [3.63, 3.8) is 0 Å². The smallest absolute Gasteiger partial charge is 0.412 e. The van der Waals surface area contributed by atoms with Crippen molar-refractivity contribution in [3.8, 4) is 17.6 Å². The monoisotopic (exact) mass is 487 g/mol. The lowest BCUT2D eigenvalue weighted by Crippen LogP contribution is -2.31. The van der Waals surface area contributed by atoms with Crippen LogP contribution in [0.15, 0.2) is 91.0 Å². The van der Waals surface area contributed by atoms with Crippen LogP contribution in [0, 0.1) is 11.3 Å². The van der Waals surface area contributed by atoms with Gasteiger partial charge in [0, 0.05) is 11.8 Å². The van der Waals surface area contributed by atoms with Crippen LogP contribution in [0.4, 0.5) is 10.5 Å². The van der Waals surface area contributed by atoms with E-state index in [2.05, 4.69) is 5.32 Å². The fourth-order valence-corrected chi connectivity index (χ4v) is 3.35. The Kier molecular flexibility index (Phi) is 9.44. The highest BCUT2D eigenvalue weighted by molar-refractivity contribution is 5.86. The first kappa shape index (κ1) is 25.8. The maximum absolute atomic E-state index is 12.8. The van der Waals surface area contributed by atoms with Crippen molar-refractivity contribution in [1.29, 1.82) is 5.26 Å². The minimum absolute atomic E-state index is 0.0537. The average molecular weight is 488 g/mol. The molecule has 3 aromatic carbocycles. The molecule has 3 rings (SSSR count). The Morgan fingerprint density at radius 1 is 1.00 bits per heavy atom. The Bertz CT molecular complexity index is 1210. The molecule has 9 nitrogen and oxygen atoms in total. The van der Waals surface area contributed by atoms with Crippen molar-refractivity contribution < 1.29 is 29.4 Å². The first-order chi connectivity index (χ1) is 17.5. The minimum Gasteiger partial charge on any atom is -0.508 e. The fourth-order valence-electron chi connectivity index (χ4n) is 3.35. The van der Waals surface area contributed by atoms with Gasteiger partial charge in [0.05, 0.1) is 11.6 Å². The summed E-state index contributed by atoms with van der Waals surface area (Å²) in [6.45, 7) is 0. The third-order valence-electron chi connectivity index (χ3n) is 5.08. The van der Waals surface area contributed by atoms with Crippen LogP contribution in [0.3, 0.4) is 0 Å². The number of hydrogen-bond donors (Lipinski definition) is 4. The molecule has 0 aliphatic heterocycles. The highest BCUT2D eigenvalue weighted by atomic mass is 16.6. The maximum Gasteiger partial charge on any atom is 0.412 e. The van der Waals surface area contributed by atoms with Gasteiger partial charge in [0.15, 0.2) is 6.10 Å². The number of carbonyl (C=O) groups excluding carboxylic acids is 2. The number of ether oxygens (including phenoxy) is 2. The number of nitrogens with one attached hydrogen (secondary N) is 2. The second kappa shape index (κ2) is 13.2. The molecule has 0 spiro atoms. The number of nitrogens with zero attached hydrogens (tertiary/aromatic N) is 1. The van der Waals surface area contributed by atoms with Gasteiger partial charge >= 0.3 is 6.09 Å². The van der Waals surface area contributed by atoms with Crippen molar-refractivity contribution in [2.75, 3.05) is 5.32 Å². The van der Waals surface area contributed by atoms with Crippen LogP contribution in [0.5, 0.6) is 11.5 Å². The van der Waals surface area contributed by atoms with Crippen molar-refractivity contribution in [2.24, 2.45) is 0 Å². The number of rotatable bonds is 10. The number of hydrogen-bond acceptors (Lipinski definition) is 7. The zero-order valence-corrected chi connectivity index (χ0v) is 19.2.